The number of hydrogen-bond acceptors (Lipinski definition) is 3. The molecule has 0 aliphatic carbocycles. The topological polar surface area (TPSA) is 55.6 Å². The highest BCUT2D eigenvalue weighted by Crippen LogP contribution is 2.25. The molecule has 1 aromatic carbocycles. The summed E-state index contributed by atoms with van der Waals surface area (Å²) < 4.78 is 7.27. The van der Waals surface area contributed by atoms with Crippen LogP contribution in [0.1, 0.15) is 23.2 Å². The van der Waals surface area contributed by atoms with E-state index in [0.717, 1.165) is 20.9 Å². The lowest BCUT2D eigenvalue weighted by Gasteiger charge is -2.38. The Balaban J connectivity index is 2.21. The molecule has 1 heterocycles. The number of rotatable bonds is 3. The number of carbonyl (C=O) groups excluding carboxylic acids is 1. The zero-order chi connectivity index (χ0) is 14.7. The minimum Gasteiger partial charge on any atom is -0.381 e. The number of hydrogen-bond donors (Lipinski definition) is 1. The second kappa shape index (κ2) is 7.20. The van der Waals surface area contributed by atoms with Crippen LogP contribution in [-0.2, 0) is 4.74 Å². The van der Waals surface area contributed by atoms with Gasteiger partial charge in [0.2, 0.25) is 0 Å². The molecule has 20 heavy (non-hydrogen) atoms. The fourth-order valence-corrected chi connectivity index (χ4v) is 3.44. The molecular weight excluding hydrogens is 435 g/mol. The first kappa shape index (κ1) is 16.2. The van der Waals surface area contributed by atoms with Gasteiger partial charge in [0.05, 0.1) is 11.7 Å². The second-order valence-electron chi connectivity index (χ2n) is 4.89. The molecule has 2 rings (SSSR count). The van der Waals surface area contributed by atoms with Gasteiger partial charge in [0, 0.05) is 34.3 Å². The fraction of sp³-hybridized carbons (Fsp3) is 0.500. The van der Waals surface area contributed by atoms with Gasteiger partial charge in [-0.25, -0.2) is 0 Å². The molecule has 0 aromatic heterocycles. The summed E-state index contributed by atoms with van der Waals surface area (Å²) in [7, 11) is 1.71. The molecule has 6 heteroatoms. The first-order chi connectivity index (χ1) is 9.56. The van der Waals surface area contributed by atoms with Crippen molar-refractivity contribution in [2.75, 3.05) is 20.2 Å². The highest BCUT2D eigenvalue weighted by atomic mass is 127. The van der Waals surface area contributed by atoms with Crippen LogP contribution >= 0.6 is 38.5 Å². The molecule has 1 aliphatic rings. The van der Waals surface area contributed by atoms with Gasteiger partial charge >= 0.3 is 0 Å². The molecule has 0 bridgehead atoms. The lowest BCUT2D eigenvalue weighted by atomic mass is 9.98. The summed E-state index contributed by atoms with van der Waals surface area (Å²) in [5, 5.41) is 0. The fourth-order valence-electron chi connectivity index (χ4n) is 2.54. The minimum absolute atomic E-state index is 0.0420. The van der Waals surface area contributed by atoms with Gasteiger partial charge in [-0.1, -0.05) is 0 Å². The van der Waals surface area contributed by atoms with Crippen LogP contribution in [0, 0.1) is 3.57 Å². The van der Waals surface area contributed by atoms with E-state index in [4.69, 9.17) is 10.5 Å². The average molecular weight is 453 g/mol. The predicted molar refractivity (Wildman–Crippen MR) is 90.8 cm³/mol. The maximum absolute atomic E-state index is 12.7. The number of nitrogens with zero attached hydrogens (tertiary/aromatic N) is 1. The normalized spacial score (nSPS) is 22.9. The Morgan fingerprint density at radius 1 is 1.60 bits per heavy atom. The van der Waals surface area contributed by atoms with Crippen LogP contribution in [0.15, 0.2) is 22.7 Å². The molecule has 1 aliphatic heterocycles. The second-order valence-corrected chi connectivity index (χ2v) is 6.99. The van der Waals surface area contributed by atoms with E-state index in [2.05, 4.69) is 38.5 Å². The smallest absolute Gasteiger partial charge is 0.255 e. The van der Waals surface area contributed by atoms with Crippen molar-refractivity contribution in [1.29, 1.82) is 0 Å². The van der Waals surface area contributed by atoms with Gasteiger partial charge in [-0.3, -0.25) is 4.79 Å². The molecule has 1 amide bonds. The SMILES string of the molecule is COC1CCN(C(=O)c2cc(I)ccc2Br)C(CN)C1. The number of ether oxygens (including phenoxy) is 1. The molecular formula is C14H18BrIN2O2. The molecule has 0 saturated carbocycles. The molecule has 2 unspecified atom stereocenters. The van der Waals surface area contributed by atoms with Gasteiger partial charge in [0.25, 0.3) is 5.91 Å². The molecule has 1 fully saturated rings. The molecule has 0 radical (unpaired) electrons. The number of halogens is 2. The summed E-state index contributed by atoms with van der Waals surface area (Å²) in [6.45, 7) is 1.16. The standard InChI is InChI=1S/C14H18BrIN2O2/c1-20-11-4-5-18(10(7-11)8-17)14(19)12-6-9(16)2-3-13(12)15/h2-3,6,10-11H,4-5,7-8,17H2,1H3. The quantitative estimate of drug-likeness (QED) is 0.717. The first-order valence-corrected chi connectivity index (χ1v) is 8.43. The van der Waals surface area contributed by atoms with Crippen molar-refractivity contribution in [3.63, 3.8) is 0 Å². The zero-order valence-corrected chi connectivity index (χ0v) is 15.1. The Morgan fingerprint density at radius 2 is 2.35 bits per heavy atom. The average Bonchev–Trinajstić information content (AvgIpc) is 2.48. The largest absolute Gasteiger partial charge is 0.381 e. The minimum atomic E-state index is 0.0420. The number of amides is 1. The van der Waals surface area contributed by atoms with Crippen molar-refractivity contribution in [3.05, 3.63) is 31.8 Å². The van der Waals surface area contributed by atoms with Crippen molar-refractivity contribution >= 4 is 44.4 Å². The first-order valence-electron chi connectivity index (χ1n) is 6.55. The predicted octanol–water partition coefficient (Wildman–Crippen LogP) is 2.63. The molecule has 1 aromatic rings. The van der Waals surface area contributed by atoms with E-state index < -0.39 is 0 Å². The van der Waals surface area contributed by atoms with Gasteiger partial charge in [-0.05, 0) is 69.6 Å². The summed E-state index contributed by atoms with van der Waals surface area (Å²) in [6.07, 6.45) is 1.87. The number of likely N-dealkylation sites (tertiary alicyclic amines) is 1. The van der Waals surface area contributed by atoms with Crippen LogP contribution in [0.3, 0.4) is 0 Å². The monoisotopic (exact) mass is 452 g/mol. The third kappa shape index (κ3) is 3.52. The van der Waals surface area contributed by atoms with Crippen LogP contribution in [0.4, 0.5) is 0 Å². The van der Waals surface area contributed by atoms with Crippen LogP contribution < -0.4 is 5.73 Å². The zero-order valence-electron chi connectivity index (χ0n) is 11.3. The maximum atomic E-state index is 12.7. The van der Waals surface area contributed by atoms with Crippen molar-refractivity contribution in [1.82, 2.24) is 4.90 Å². The van der Waals surface area contributed by atoms with E-state index in [1.54, 1.807) is 7.11 Å². The van der Waals surface area contributed by atoms with Gasteiger partial charge in [0.15, 0.2) is 0 Å². The Morgan fingerprint density at radius 3 is 3.00 bits per heavy atom. The summed E-state index contributed by atoms with van der Waals surface area (Å²) in [5.74, 6) is 0.0420. The number of piperidine rings is 1. The van der Waals surface area contributed by atoms with E-state index in [1.807, 2.05) is 23.1 Å². The summed E-state index contributed by atoms with van der Waals surface area (Å²) in [5.41, 5.74) is 6.53. The number of benzene rings is 1. The third-order valence-corrected chi connectivity index (χ3v) is 5.06. The lowest BCUT2D eigenvalue weighted by molar-refractivity contribution is 0.0138. The Bertz CT molecular complexity index is 498. The summed E-state index contributed by atoms with van der Waals surface area (Å²) >= 11 is 5.67. The van der Waals surface area contributed by atoms with Crippen LogP contribution in [0.5, 0.6) is 0 Å². The van der Waals surface area contributed by atoms with Gasteiger partial charge in [-0.2, -0.15) is 0 Å². The summed E-state index contributed by atoms with van der Waals surface area (Å²) in [4.78, 5) is 14.6. The van der Waals surface area contributed by atoms with Crippen LogP contribution in [0.2, 0.25) is 0 Å². The van der Waals surface area contributed by atoms with Gasteiger partial charge < -0.3 is 15.4 Å². The van der Waals surface area contributed by atoms with Crippen molar-refractivity contribution in [2.45, 2.75) is 25.0 Å². The van der Waals surface area contributed by atoms with E-state index in [9.17, 15) is 4.79 Å². The van der Waals surface area contributed by atoms with Crippen LogP contribution in [-0.4, -0.2) is 43.2 Å². The Kier molecular flexibility index (Phi) is 5.83. The lowest BCUT2D eigenvalue weighted by Crippen LogP contribution is -2.51. The Labute approximate surface area is 141 Å². The number of nitrogens with two attached hydrogens (primary N) is 1. The van der Waals surface area contributed by atoms with Crippen LogP contribution in [0.25, 0.3) is 0 Å². The van der Waals surface area contributed by atoms with E-state index in [0.29, 0.717) is 18.7 Å². The molecule has 2 N–H and O–H groups in total. The molecule has 110 valence electrons. The molecule has 1 saturated heterocycles. The molecule has 0 spiro atoms. The highest BCUT2D eigenvalue weighted by Gasteiger charge is 2.32. The molecule has 2 atom stereocenters. The highest BCUT2D eigenvalue weighted by molar-refractivity contribution is 14.1. The molecule has 4 nitrogen and oxygen atoms in total. The summed E-state index contributed by atoms with van der Waals surface area (Å²) in [6, 6.07) is 5.84. The van der Waals surface area contributed by atoms with E-state index in [1.165, 1.54) is 0 Å². The van der Waals surface area contributed by atoms with Gasteiger partial charge in [-0.15, -0.1) is 0 Å². The third-order valence-electron chi connectivity index (χ3n) is 3.69. The van der Waals surface area contributed by atoms with Gasteiger partial charge in [0.1, 0.15) is 0 Å². The number of carbonyl (C=O) groups is 1. The van der Waals surface area contributed by atoms with Crippen molar-refractivity contribution in [3.8, 4) is 0 Å². The van der Waals surface area contributed by atoms with Crippen molar-refractivity contribution < 1.29 is 9.53 Å². The number of methoxy groups -OCH3 is 1. The maximum Gasteiger partial charge on any atom is 0.255 e. The Hall–Kier alpha value is -0.180. The van der Waals surface area contributed by atoms with E-state index >= 15 is 0 Å². The van der Waals surface area contributed by atoms with E-state index in [-0.39, 0.29) is 18.1 Å². The van der Waals surface area contributed by atoms with Crippen molar-refractivity contribution in [2.24, 2.45) is 5.73 Å².